The molecule has 1 aliphatic heterocycles. The van der Waals surface area contributed by atoms with Crippen molar-refractivity contribution in [3.63, 3.8) is 0 Å². The predicted molar refractivity (Wildman–Crippen MR) is 102 cm³/mol. The Labute approximate surface area is 155 Å². The van der Waals surface area contributed by atoms with Crippen molar-refractivity contribution >= 4 is 28.3 Å². The van der Waals surface area contributed by atoms with E-state index < -0.39 is 0 Å². The lowest BCUT2D eigenvalue weighted by Gasteiger charge is -2.45. The Hall–Kier alpha value is -3.36. The van der Waals surface area contributed by atoms with Gasteiger partial charge in [-0.2, -0.15) is 4.52 Å². The molecule has 27 heavy (non-hydrogen) atoms. The number of hydrogen-bond donors (Lipinski definition) is 0. The molecule has 0 radical (unpaired) electrons. The molecule has 0 aromatic carbocycles. The standard InChI is InChI=1S/C18H19N9/c1-11-20-17-14(5-4-8-19-17)18(21-11)25(3)13-9-26(10-13)16-7-6-15-23-22-12(2)27(15)24-16/h4-8,13H,9-10H2,1-3H3. The van der Waals surface area contributed by atoms with E-state index in [9.17, 15) is 0 Å². The maximum absolute atomic E-state index is 4.67. The number of likely N-dealkylation sites (N-methyl/N-ethyl adjacent to an activating group) is 1. The number of aryl methyl sites for hydroxylation is 2. The average Bonchev–Trinajstić information content (AvgIpc) is 3.00. The molecule has 0 spiro atoms. The second-order valence-electron chi connectivity index (χ2n) is 6.85. The highest BCUT2D eigenvalue weighted by atomic mass is 15.4. The van der Waals surface area contributed by atoms with Crippen LogP contribution in [0.4, 0.5) is 11.6 Å². The molecule has 9 nitrogen and oxygen atoms in total. The zero-order valence-corrected chi connectivity index (χ0v) is 15.4. The van der Waals surface area contributed by atoms with Crippen molar-refractivity contribution in [1.29, 1.82) is 0 Å². The SMILES string of the molecule is Cc1nc(N(C)C2CN(c3ccc4nnc(C)n4n3)C2)c2cccnc2n1. The van der Waals surface area contributed by atoms with Crippen molar-refractivity contribution in [2.24, 2.45) is 0 Å². The number of pyridine rings is 1. The van der Waals surface area contributed by atoms with Crippen LogP contribution in [0.3, 0.4) is 0 Å². The highest BCUT2D eigenvalue weighted by molar-refractivity contribution is 5.87. The first-order valence-corrected chi connectivity index (χ1v) is 8.86. The van der Waals surface area contributed by atoms with Crippen LogP contribution in [-0.2, 0) is 0 Å². The molecule has 1 saturated heterocycles. The van der Waals surface area contributed by atoms with E-state index in [-0.39, 0.29) is 0 Å². The summed E-state index contributed by atoms with van der Waals surface area (Å²) in [5, 5.41) is 13.8. The van der Waals surface area contributed by atoms with Crippen LogP contribution < -0.4 is 9.80 Å². The topological polar surface area (TPSA) is 88.2 Å². The minimum Gasteiger partial charge on any atom is -0.352 e. The van der Waals surface area contributed by atoms with Crippen molar-refractivity contribution in [3.8, 4) is 0 Å². The van der Waals surface area contributed by atoms with E-state index in [0.717, 1.165) is 53.1 Å². The normalized spacial score (nSPS) is 14.7. The van der Waals surface area contributed by atoms with E-state index in [2.05, 4.69) is 47.1 Å². The zero-order valence-electron chi connectivity index (χ0n) is 15.4. The van der Waals surface area contributed by atoms with E-state index in [1.54, 1.807) is 10.7 Å². The van der Waals surface area contributed by atoms with Gasteiger partial charge in [0.15, 0.2) is 17.1 Å². The molecular weight excluding hydrogens is 342 g/mol. The second-order valence-corrected chi connectivity index (χ2v) is 6.85. The van der Waals surface area contributed by atoms with Crippen LogP contribution in [0.15, 0.2) is 30.5 Å². The van der Waals surface area contributed by atoms with Crippen LogP contribution in [0, 0.1) is 13.8 Å². The largest absolute Gasteiger partial charge is 0.352 e. The van der Waals surface area contributed by atoms with E-state index in [1.165, 1.54) is 0 Å². The molecule has 5 heterocycles. The molecule has 4 aromatic rings. The Balaban J connectivity index is 1.39. The number of aromatic nitrogens is 7. The minimum atomic E-state index is 0.349. The number of hydrogen-bond acceptors (Lipinski definition) is 8. The molecule has 0 atom stereocenters. The number of rotatable bonds is 3. The summed E-state index contributed by atoms with van der Waals surface area (Å²) in [4.78, 5) is 17.9. The third kappa shape index (κ3) is 2.54. The molecule has 0 amide bonds. The van der Waals surface area contributed by atoms with Crippen LogP contribution >= 0.6 is 0 Å². The molecule has 0 bridgehead atoms. The fraction of sp³-hybridized carbons (Fsp3) is 0.333. The van der Waals surface area contributed by atoms with Gasteiger partial charge in [-0.15, -0.1) is 15.3 Å². The van der Waals surface area contributed by atoms with Gasteiger partial charge >= 0.3 is 0 Å². The van der Waals surface area contributed by atoms with Crippen LogP contribution in [0.5, 0.6) is 0 Å². The molecular formula is C18H19N9. The fourth-order valence-corrected chi connectivity index (χ4v) is 3.44. The summed E-state index contributed by atoms with van der Waals surface area (Å²) in [6.45, 7) is 5.56. The third-order valence-electron chi connectivity index (χ3n) is 5.04. The van der Waals surface area contributed by atoms with Gasteiger partial charge in [-0.25, -0.2) is 15.0 Å². The molecule has 5 rings (SSSR count). The van der Waals surface area contributed by atoms with Gasteiger partial charge in [0.2, 0.25) is 0 Å². The van der Waals surface area contributed by atoms with E-state index in [4.69, 9.17) is 0 Å². The summed E-state index contributed by atoms with van der Waals surface area (Å²) >= 11 is 0. The van der Waals surface area contributed by atoms with Crippen LogP contribution in [-0.4, -0.2) is 60.9 Å². The van der Waals surface area contributed by atoms with Crippen molar-refractivity contribution in [2.45, 2.75) is 19.9 Å². The molecule has 0 unspecified atom stereocenters. The molecule has 0 aliphatic carbocycles. The lowest BCUT2D eigenvalue weighted by molar-refractivity contribution is 0.487. The Morgan fingerprint density at radius 1 is 1.07 bits per heavy atom. The molecule has 0 saturated carbocycles. The first kappa shape index (κ1) is 15.9. The smallest absolute Gasteiger partial charge is 0.178 e. The summed E-state index contributed by atoms with van der Waals surface area (Å²) in [6.07, 6.45) is 1.76. The van der Waals surface area contributed by atoms with Crippen molar-refractivity contribution in [3.05, 3.63) is 42.1 Å². The lowest BCUT2D eigenvalue weighted by atomic mass is 10.1. The summed E-state index contributed by atoms with van der Waals surface area (Å²) in [5.41, 5.74) is 1.50. The second kappa shape index (κ2) is 5.83. The van der Waals surface area contributed by atoms with Crippen molar-refractivity contribution in [1.82, 2.24) is 34.8 Å². The summed E-state index contributed by atoms with van der Waals surface area (Å²) in [6, 6.07) is 8.24. The summed E-state index contributed by atoms with van der Waals surface area (Å²) in [5.74, 6) is 3.37. The van der Waals surface area contributed by atoms with Gasteiger partial charge in [0.25, 0.3) is 0 Å². The van der Waals surface area contributed by atoms with Crippen molar-refractivity contribution < 1.29 is 0 Å². The molecule has 1 aliphatic rings. The van der Waals surface area contributed by atoms with Gasteiger partial charge in [-0.3, -0.25) is 0 Å². The summed E-state index contributed by atoms with van der Waals surface area (Å²) < 4.78 is 1.78. The minimum absolute atomic E-state index is 0.349. The van der Waals surface area contributed by atoms with E-state index in [0.29, 0.717) is 6.04 Å². The highest BCUT2D eigenvalue weighted by Gasteiger charge is 2.32. The van der Waals surface area contributed by atoms with Crippen LogP contribution in [0.25, 0.3) is 16.7 Å². The van der Waals surface area contributed by atoms with Gasteiger partial charge in [0, 0.05) is 26.3 Å². The van der Waals surface area contributed by atoms with Crippen LogP contribution in [0.2, 0.25) is 0 Å². The number of nitrogens with zero attached hydrogens (tertiary/aromatic N) is 9. The van der Waals surface area contributed by atoms with Crippen LogP contribution in [0.1, 0.15) is 11.6 Å². The maximum Gasteiger partial charge on any atom is 0.178 e. The average molecular weight is 361 g/mol. The Morgan fingerprint density at radius 2 is 1.93 bits per heavy atom. The molecule has 4 aromatic heterocycles. The molecule has 9 heteroatoms. The maximum atomic E-state index is 4.67. The van der Waals surface area contributed by atoms with Crippen molar-refractivity contribution in [2.75, 3.05) is 29.9 Å². The molecule has 136 valence electrons. The first-order chi connectivity index (χ1) is 13.1. The monoisotopic (exact) mass is 361 g/mol. The van der Waals surface area contributed by atoms with Gasteiger partial charge < -0.3 is 9.80 Å². The van der Waals surface area contributed by atoms with E-state index in [1.807, 2.05) is 38.1 Å². The van der Waals surface area contributed by atoms with Gasteiger partial charge in [0.1, 0.15) is 17.5 Å². The van der Waals surface area contributed by atoms with Gasteiger partial charge in [0.05, 0.1) is 11.4 Å². The lowest BCUT2D eigenvalue weighted by Crippen LogP contribution is -2.59. The van der Waals surface area contributed by atoms with Gasteiger partial charge in [-0.1, -0.05) is 0 Å². The molecule has 0 N–H and O–H groups in total. The zero-order chi connectivity index (χ0) is 18.5. The first-order valence-electron chi connectivity index (χ1n) is 8.86. The van der Waals surface area contributed by atoms with E-state index >= 15 is 0 Å². The Kier molecular flexibility index (Phi) is 3.43. The third-order valence-corrected chi connectivity index (χ3v) is 5.04. The number of fused-ring (bicyclic) bond motifs is 2. The quantitative estimate of drug-likeness (QED) is 0.541. The van der Waals surface area contributed by atoms with Gasteiger partial charge in [-0.05, 0) is 38.1 Å². The summed E-state index contributed by atoms with van der Waals surface area (Å²) in [7, 11) is 2.08. The fourth-order valence-electron chi connectivity index (χ4n) is 3.44. The Morgan fingerprint density at radius 3 is 2.78 bits per heavy atom. The highest BCUT2D eigenvalue weighted by Crippen LogP contribution is 2.28. The predicted octanol–water partition coefficient (Wildman–Crippen LogP) is 1.40. The Bertz CT molecular complexity index is 1150. The number of anilines is 2. The molecule has 1 fully saturated rings.